The molecule has 1 aliphatic carbocycles. The average Bonchev–Trinajstić information content (AvgIpc) is 2.57. The maximum Gasteiger partial charge on any atom is 0.319 e. The summed E-state index contributed by atoms with van der Waals surface area (Å²) in [5, 5.41) is 6.14. The van der Waals surface area contributed by atoms with Gasteiger partial charge in [0.2, 0.25) is 0 Å². The SMILES string of the molecule is C/C=C\C(=C/C)Cc1ccccc1NC(=O)NC1CCCCC1. The van der Waals surface area contributed by atoms with Gasteiger partial charge in [0, 0.05) is 11.7 Å². The third-order valence-corrected chi connectivity index (χ3v) is 4.35. The van der Waals surface area contributed by atoms with Gasteiger partial charge in [-0.1, -0.05) is 55.7 Å². The minimum absolute atomic E-state index is 0.0857. The molecule has 0 aromatic heterocycles. The van der Waals surface area contributed by atoms with Crippen LogP contribution >= 0.6 is 0 Å². The van der Waals surface area contributed by atoms with Crippen LogP contribution in [0.25, 0.3) is 0 Å². The van der Waals surface area contributed by atoms with Crippen LogP contribution in [-0.4, -0.2) is 12.1 Å². The van der Waals surface area contributed by atoms with Gasteiger partial charge in [-0.15, -0.1) is 0 Å². The molecule has 2 rings (SSSR count). The molecule has 0 aliphatic heterocycles. The monoisotopic (exact) mass is 312 g/mol. The molecule has 1 aliphatic rings. The summed E-state index contributed by atoms with van der Waals surface area (Å²) in [4.78, 5) is 12.3. The number of allylic oxidation sites excluding steroid dienone is 4. The van der Waals surface area contributed by atoms with Crippen molar-refractivity contribution < 1.29 is 4.79 Å². The molecule has 2 N–H and O–H groups in total. The Morgan fingerprint density at radius 1 is 1.17 bits per heavy atom. The van der Waals surface area contributed by atoms with Crippen molar-refractivity contribution in [3.05, 3.63) is 53.6 Å². The molecular weight excluding hydrogens is 284 g/mol. The maximum absolute atomic E-state index is 12.3. The fourth-order valence-electron chi connectivity index (χ4n) is 3.08. The molecule has 2 amide bonds. The quantitative estimate of drug-likeness (QED) is 0.720. The van der Waals surface area contributed by atoms with Crippen LogP contribution in [0.2, 0.25) is 0 Å². The van der Waals surface area contributed by atoms with Crippen LogP contribution in [0.4, 0.5) is 10.5 Å². The number of benzene rings is 1. The summed E-state index contributed by atoms with van der Waals surface area (Å²) in [7, 11) is 0. The smallest absolute Gasteiger partial charge is 0.319 e. The predicted molar refractivity (Wildman–Crippen MR) is 97.7 cm³/mol. The Labute approximate surface area is 139 Å². The molecule has 23 heavy (non-hydrogen) atoms. The number of rotatable bonds is 5. The Balaban J connectivity index is 2.00. The molecule has 3 nitrogen and oxygen atoms in total. The minimum atomic E-state index is -0.0857. The largest absolute Gasteiger partial charge is 0.335 e. The van der Waals surface area contributed by atoms with Crippen molar-refractivity contribution in [3.8, 4) is 0 Å². The molecule has 0 spiro atoms. The summed E-state index contributed by atoms with van der Waals surface area (Å²) < 4.78 is 0. The van der Waals surface area contributed by atoms with E-state index in [9.17, 15) is 4.79 Å². The Kier molecular flexibility index (Phi) is 6.92. The van der Waals surface area contributed by atoms with Crippen LogP contribution < -0.4 is 10.6 Å². The van der Waals surface area contributed by atoms with Crippen molar-refractivity contribution in [3.63, 3.8) is 0 Å². The van der Waals surface area contributed by atoms with Crippen LogP contribution in [0.1, 0.15) is 51.5 Å². The van der Waals surface area contributed by atoms with E-state index in [0.717, 1.165) is 30.5 Å². The topological polar surface area (TPSA) is 41.1 Å². The van der Waals surface area contributed by atoms with Crippen molar-refractivity contribution in [2.24, 2.45) is 0 Å². The lowest BCUT2D eigenvalue weighted by Gasteiger charge is -2.23. The van der Waals surface area contributed by atoms with Gasteiger partial charge in [0.1, 0.15) is 0 Å². The van der Waals surface area contributed by atoms with E-state index < -0.39 is 0 Å². The second kappa shape index (κ2) is 9.19. The van der Waals surface area contributed by atoms with Gasteiger partial charge >= 0.3 is 6.03 Å². The zero-order chi connectivity index (χ0) is 16.5. The molecule has 1 aromatic rings. The molecule has 0 heterocycles. The minimum Gasteiger partial charge on any atom is -0.335 e. The second-order valence-electron chi connectivity index (χ2n) is 6.13. The van der Waals surface area contributed by atoms with Crippen LogP contribution in [0.15, 0.2) is 48.1 Å². The number of carbonyl (C=O) groups is 1. The van der Waals surface area contributed by atoms with E-state index in [1.165, 1.54) is 24.8 Å². The zero-order valence-corrected chi connectivity index (χ0v) is 14.3. The highest BCUT2D eigenvalue weighted by atomic mass is 16.2. The first kappa shape index (κ1) is 17.3. The van der Waals surface area contributed by atoms with E-state index >= 15 is 0 Å². The first-order valence-electron chi connectivity index (χ1n) is 8.66. The molecule has 0 atom stereocenters. The number of hydrogen-bond donors (Lipinski definition) is 2. The standard InChI is InChI=1S/C20H28N2O/c1-3-10-16(4-2)15-17-11-8-9-14-19(17)22-20(23)21-18-12-6-5-7-13-18/h3-4,8-11,14,18H,5-7,12-13,15H2,1-2H3,(H2,21,22,23)/b10-3-,16-4+. The molecule has 0 unspecified atom stereocenters. The molecule has 1 saturated carbocycles. The van der Waals surface area contributed by atoms with Crippen LogP contribution in [0.5, 0.6) is 0 Å². The zero-order valence-electron chi connectivity index (χ0n) is 14.3. The fourth-order valence-corrected chi connectivity index (χ4v) is 3.08. The lowest BCUT2D eigenvalue weighted by Crippen LogP contribution is -2.39. The van der Waals surface area contributed by atoms with E-state index in [2.05, 4.69) is 28.9 Å². The number of carbonyl (C=O) groups excluding carboxylic acids is 1. The number of hydrogen-bond acceptors (Lipinski definition) is 1. The third kappa shape index (κ3) is 5.59. The Bertz CT molecular complexity index is 569. The Morgan fingerprint density at radius 2 is 1.91 bits per heavy atom. The van der Waals surface area contributed by atoms with E-state index in [1.54, 1.807) is 0 Å². The average molecular weight is 312 g/mol. The summed E-state index contributed by atoms with van der Waals surface area (Å²) in [6.07, 6.45) is 13.0. The number of urea groups is 1. The highest BCUT2D eigenvalue weighted by Crippen LogP contribution is 2.21. The van der Waals surface area contributed by atoms with Gasteiger partial charge < -0.3 is 10.6 Å². The van der Waals surface area contributed by atoms with Crippen molar-refractivity contribution >= 4 is 11.7 Å². The molecule has 1 fully saturated rings. The molecule has 124 valence electrons. The van der Waals surface area contributed by atoms with Gasteiger partial charge in [-0.2, -0.15) is 0 Å². The molecule has 0 bridgehead atoms. The van der Waals surface area contributed by atoms with E-state index in [-0.39, 0.29) is 6.03 Å². The van der Waals surface area contributed by atoms with Gasteiger partial charge in [0.05, 0.1) is 0 Å². The van der Waals surface area contributed by atoms with E-state index in [1.807, 2.05) is 38.1 Å². The van der Waals surface area contributed by atoms with E-state index in [0.29, 0.717) is 6.04 Å². The third-order valence-electron chi connectivity index (χ3n) is 4.35. The summed E-state index contributed by atoms with van der Waals surface area (Å²) in [6.45, 7) is 4.06. The number of amides is 2. The van der Waals surface area contributed by atoms with E-state index in [4.69, 9.17) is 0 Å². The Morgan fingerprint density at radius 3 is 2.61 bits per heavy atom. The summed E-state index contributed by atoms with van der Waals surface area (Å²) in [5.74, 6) is 0. The normalized spacial score (nSPS) is 16.5. The lowest BCUT2D eigenvalue weighted by atomic mass is 9.96. The van der Waals surface area contributed by atoms with Crippen molar-refractivity contribution in [1.29, 1.82) is 0 Å². The van der Waals surface area contributed by atoms with Crippen molar-refractivity contribution in [2.45, 2.75) is 58.4 Å². The van der Waals surface area contributed by atoms with Gasteiger partial charge in [-0.3, -0.25) is 0 Å². The number of nitrogens with one attached hydrogen (secondary N) is 2. The fraction of sp³-hybridized carbons (Fsp3) is 0.450. The first-order chi connectivity index (χ1) is 11.2. The highest BCUT2D eigenvalue weighted by Gasteiger charge is 2.16. The van der Waals surface area contributed by atoms with Gasteiger partial charge in [-0.25, -0.2) is 4.79 Å². The Hall–Kier alpha value is -2.03. The summed E-state index contributed by atoms with van der Waals surface area (Å²) in [5.41, 5.74) is 3.27. The van der Waals surface area contributed by atoms with Crippen LogP contribution in [0, 0.1) is 0 Å². The molecule has 3 heteroatoms. The number of anilines is 1. The highest BCUT2D eigenvalue weighted by molar-refractivity contribution is 5.90. The predicted octanol–water partition coefficient (Wildman–Crippen LogP) is 5.21. The molecule has 0 radical (unpaired) electrons. The van der Waals surface area contributed by atoms with Crippen LogP contribution in [0.3, 0.4) is 0 Å². The van der Waals surface area contributed by atoms with Gasteiger partial charge in [-0.05, 0) is 50.3 Å². The van der Waals surface area contributed by atoms with Crippen molar-refractivity contribution in [1.82, 2.24) is 5.32 Å². The van der Waals surface area contributed by atoms with Gasteiger partial charge in [0.15, 0.2) is 0 Å². The molecular formula is C20H28N2O. The first-order valence-corrected chi connectivity index (χ1v) is 8.66. The summed E-state index contributed by atoms with van der Waals surface area (Å²) in [6, 6.07) is 8.26. The van der Waals surface area contributed by atoms with Gasteiger partial charge in [0.25, 0.3) is 0 Å². The lowest BCUT2D eigenvalue weighted by molar-refractivity contribution is 0.244. The second-order valence-corrected chi connectivity index (χ2v) is 6.13. The molecule has 1 aromatic carbocycles. The van der Waals surface area contributed by atoms with Crippen molar-refractivity contribution in [2.75, 3.05) is 5.32 Å². The number of para-hydroxylation sites is 1. The summed E-state index contributed by atoms with van der Waals surface area (Å²) >= 11 is 0. The maximum atomic E-state index is 12.3. The molecule has 0 saturated heterocycles. The van der Waals surface area contributed by atoms with Crippen LogP contribution in [-0.2, 0) is 6.42 Å².